The van der Waals surface area contributed by atoms with E-state index in [1.54, 1.807) is 0 Å². The van der Waals surface area contributed by atoms with Crippen LogP contribution in [0.3, 0.4) is 0 Å². The molecule has 1 unspecified atom stereocenters. The van der Waals surface area contributed by atoms with E-state index in [4.69, 9.17) is 5.26 Å². The van der Waals surface area contributed by atoms with Crippen molar-refractivity contribution in [2.45, 2.75) is 26.7 Å². The van der Waals surface area contributed by atoms with Gasteiger partial charge >= 0.3 is 0 Å². The first-order chi connectivity index (χ1) is 7.65. The Morgan fingerprint density at radius 1 is 1.50 bits per heavy atom. The van der Waals surface area contributed by atoms with Gasteiger partial charge in [-0.15, -0.1) is 0 Å². The van der Waals surface area contributed by atoms with Crippen LogP contribution in [0.1, 0.15) is 26.7 Å². The summed E-state index contributed by atoms with van der Waals surface area (Å²) in [6, 6.07) is 2.07. The van der Waals surface area contributed by atoms with Gasteiger partial charge in [0.15, 0.2) is 0 Å². The quantitative estimate of drug-likeness (QED) is 0.818. The van der Waals surface area contributed by atoms with Gasteiger partial charge in [-0.2, -0.15) is 17.0 Å². The summed E-state index contributed by atoms with van der Waals surface area (Å²) < 4.78 is 0. The van der Waals surface area contributed by atoms with Gasteiger partial charge in [0, 0.05) is 6.54 Å². The van der Waals surface area contributed by atoms with E-state index in [0.29, 0.717) is 5.92 Å². The van der Waals surface area contributed by atoms with Gasteiger partial charge in [0.2, 0.25) is 5.91 Å². The molecule has 0 radical (unpaired) electrons. The van der Waals surface area contributed by atoms with Gasteiger partial charge in [-0.25, -0.2) is 0 Å². The van der Waals surface area contributed by atoms with E-state index in [9.17, 15) is 4.79 Å². The Balaban J connectivity index is 2.31. The summed E-state index contributed by atoms with van der Waals surface area (Å²) in [5.74, 6) is 2.50. The predicted molar refractivity (Wildman–Crippen MR) is 67.0 cm³/mol. The fraction of sp³-hybridized carbons (Fsp3) is 0.833. The van der Waals surface area contributed by atoms with Crippen LogP contribution >= 0.6 is 11.8 Å². The molecule has 1 saturated heterocycles. The van der Waals surface area contributed by atoms with E-state index in [2.05, 4.69) is 11.4 Å². The summed E-state index contributed by atoms with van der Waals surface area (Å²) in [6.07, 6.45) is 2.37. The van der Waals surface area contributed by atoms with Crippen LogP contribution in [0, 0.1) is 29.1 Å². The van der Waals surface area contributed by atoms with Crippen LogP contribution < -0.4 is 5.32 Å². The molecular weight excluding hydrogens is 220 g/mol. The van der Waals surface area contributed by atoms with Crippen LogP contribution in [0.5, 0.6) is 0 Å². The Morgan fingerprint density at radius 2 is 2.12 bits per heavy atom. The minimum absolute atomic E-state index is 0.0897. The fourth-order valence-electron chi connectivity index (χ4n) is 1.82. The molecule has 0 aromatic rings. The number of rotatable bonds is 4. The summed E-state index contributed by atoms with van der Waals surface area (Å²) in [4.78, 5) is 11.7. The van der Waals surface area contributed by atoms with Gasteiger partial charge in [0.25, 0.3) is 0 Å². The summed E-state index contributed by atoms with van der Waals surface area (Å²) in [6.45, 7) is 4.56. The van der Waals surface area contributed by atoms with Crippen molar-refractivity contribution in [3.05, 3.63) is 0 Å². The van der Waals surface area contributed by atoms with E-state index < -0.39 is 5.92 Å². The third-order valence-corrected chi connectivity index (χ3v) is 4.04. The average molecular weight is 240 g/mol. The van der Waals surface area contributed by atoms with Crippen molar-refractivity contribution < 1.29 is 4.79 Å². The Kier molecular flexibility index (Phi) is 5.68. The number of amides is 1. The number of nitriles is 1. The second-order valence-corrected chi connectivity index (χ2v) is 5.88. The SMILES string of the molecule is CC(C)C(C#N)C(=O)NCC1CCSCC1. The number of nitrogens with zero attached hydrogens (tertiary/aromatic N) is 1. The lowest BCUT2D eigenvalue weighted by Crippen LogP contribution is -2.36. The number of carbonyl (C=O) groups excluding carboxylic acids is 1. The fourth-order valence-corrected chi connectivity index (χ4v) is 3.02. The molecule has 1 rings (SSSR count). The highest BCUT2D eigenvalue weighted by Crippen LogP contribution is 2.22. The first-order valence-electron chi connectivity index (χ1n) is 5.90. The van der Waals surface area contributed by atoms with Gasteiger partial charge in [-0.05, 0) is 36.2 Å². The Bertz CT molecular complexity index is 267. The molecule has 3 nitrogen and oxygen atoms in total. The Morgan fingerprint density at radius 3 is 2.62 bits per heavy atom. The molecule has 1 fully saturated rings. The van der Waals surface area contributed by atoms with E-state index in [1.807, 2.05) is 25.6 Å². The second-order valence-electron chi connectivity index (χ2n) is 4.65. The lowest BCUT2D eigenvalue weighted by atomic mass is 9.96. The summed E-state index contributed by atoms with van der Waals surface area (Å²) in [7, 11) is 0. The molecule has 0 aromatic carbocycles. The molecule has 0 saturated carbocycles. The number of nitrogens with one attached hydrogen (secondary N) is 1. The molecule has 1 heterocycles. The van der Waals surface area contributed by atoms with Crippen LogP contribution in [0.4, 0.5) is 0 Å². The van der Waals surface area contributed by atoms with Gasteiger partial charge in [0.1, 0.15) is 5.92 Å². The van der Waals surface area contributed by atoms with Crippen molar-refractivity contribution in [1.29, 1.82) is 5.26 Å². The molecular formula is C12H20N2OS. The van der Waals surface area contributed by atoms with Crippen molar-refractivity contribution in [3.63, 3.8) is 0 Å². The van der Waals surface area contributed by atoms with Crippen LogP contribution in [-0.2, 0) is 4.79 Å². The molecule has 4 heteroatoms. The molecule has 1 N–H and O–H groups in total. The zero-order valence-corrected chi connectivity index (χ0v) is 10.8. The van der Waals surface area contributed by atoms with E-state index >= 15 is 0 Å². The second kappa shape index (κ2) is 6.80. The third kappa shape index (κ3) is 4.05. The number of hydrogen-bond acceptors (Lipinski definition) is 3. The molecule has 1 amide bonds. The zero-order valence-electron chi connectivity index (χ0n) is 10.0. The van der Waals surface area contributed by atoms with Gasteiger partial charge in [0.05, 0.1) is 6.07 Å². The van der Waals surface area contributed by atoms with E-state index in [-0.39, 0.29) is 11.8 Å². The maximum atomic E-state index is 11.7. The molecule has 0 spiro atoms. The molecule has 0 aromatic heterocycles. The smallest absolute Gasteiger partial charge is 0.237 e. The van der Waals surface area contributed by atoms with E-state index in [1.165, 1.54) is 24.3 Å². The number of thioether (sulfide) groups is 1. The van der Waals surface area contributed by atoms with Crippen LogP contribution in [0.2, 0.25) is 0 Å². The van der Waals surface area contributed by atoms with Gasteiger partial charge in [-0.3, -0.25) is 4.79 Å². The topological polar surface area (TPSA) is 52.9 Å². The molecule has 90 valence electrons. The Hall–Kier alpha value is -0.690. The molecule has 1 atom stereocenters. The van der Waals surface area contributed by atoms with Crippen molar-refractivity contribution in [3.8, 4) is 6.07 Å². The van der Waals surface area contributed by atoms with Crippen molar-refractivity contribution >= 4 is 17.7 Å². The highest BCUT2D eigenvalue weighted by atomic mass is 32.2. The largest absolute Gasteiger partial charge is 0.355 e. The van der Waals surface area contributed by atoms with E-state index in [0.717, 1.165) is 6.54 Å². The predicted octanol–water partition coefficient (Wildman–Crippen LogP) is 2.04. The highest BCUT2D eigenvalue weighted by Gasteiger charge is 2.22. The minimum atomic E-state index is -0.502. The summed E-state index contributed by atoms with van der Waals surface area (Å²) >= 11 is 1.98. The van der Waals surface area contributed by atoms with Crippen LogP contribution in [-0.4, -0.2) is 24.0 Å². The van der Waals surface area contributed by atoms with Gasteiger partial charge in [-0.1, -0.05) is 13.8 Å². The average Bonchev–Trinajstić information content (AvgIpc) is 2.28. The van der Waals surface area contributed by atoms with Gasteiger partial charge < -0.3 is 5.32 Å². The molecule has 16 heavy (non-hydrogen) atoms. The van der Waals surface area contributed by atoms with Crippen molar-refractivity contribution in [2.75, 3.05) is 18.1 Å². The van der Waals surface area contributed by atoms with Crippen molar-refractivity contribution in [2.24, 2.45) is 17.8 Å². The lowest BCUT2D eigenvalue weighted by Gasteiger charge is -2.22. The maximum Gasteiger partial charge on any atom is 0.237 e. The normalized spacial score (nSPS) is 19.1. The van der Waals surface area contributed by atoms with Crippen molar-refractivity contribution in [1.82, 2.24) is 5.32 Å². The first-order valence-corrected chi connectivity index (χ1v) is 7.05. The molecule has 1 aliphatic heterocycles. The van der Waals surface area contributed by atoms with Crippen LogP contribution in [0.25, 0.3) is 0 Å². The highest BCUT2D eigenvalue weighted by molar-refractivity contribution is 7.99. The third-order valence-electron chi connectivity index (χ3n) is 2.99. The number of hydrogen-bond donors (Lipinski definition) is 1. The molecule has 0 bridgehead atoms. The summed E-state index contributed by atoms with van der Waals surface area (Å²) in [5, 5.41) is 11.8. The zero-order chi connectivity index (χ0) is 12.0. The van der Waals surface area contributed by atoms with Crippen LogP contribution in [0.15, 0.2) is 0 Å². The molecule has 0 aliphatic carbocycles. The summed E-state index contributed by atoms with van der Waals surface area (Å²) in [5.41, 5.74) is 0. The first kappa shape index (κ1) is 13.4. The Labute approximate surface area is 102 Å². The maximum absolute atomic E-state index is 11.7. The number of carbonyl (C=O) groups is 1. The minimum Gasteiger partial charge on any atom is -0.355 e. The lowest BCUT2D eigenvalue weighted by molar-refractivity contribution is -0.124. The monoisotopic (exact) mass is 240 g/mol. The standard InChI is InChI=1S/C12H20N2OS/c1-9(2)11(7-13)12(15)14-8-10-3-5-16-6-4-10/h9-11H,3-6,8H2,1-2H3,(H,14,15). The molecule has 1 aliphatic rings.